The summed E-state index contributed by atoms with van der Waals surface area (Å²) in [5, 5.41) is 16.2. The SMILES string of the molecule is CC(C(=O)NCC(=O)Nc1ccc(F)c(F)c1F)n1nnc(-c2ccccc2)n1. The van der Waals surface area contributed by atoms with Gasteiger partial charge in [-0.05, 0) is 24.3 Å². The topological polar surface area (TPSA) is 102 Å². The number of carbonyl (C=O) groups is 2. The van der Waals surface area contributed by atoms with Crippen LogP contribution in [0.25, 0.3) is 11.4 Å². The Morgan fingerprint density at radius 1 is 1.07 bits per heavy atom. The van der Waals surface area contributed by atoms with E-state index in [1.807, 2.05) is 6.07 Å². The average Bonchev–Trinajstić information content (AvgIpc) is 3.23. The molecule has 8 nitrogen and oxygen atoms in total. The zero-order chi connectivity index (χ0) is 21.0. The first kappa shape index (κ1) is 20.0. The number of hydrogen-bond acceptors (Lipinski definition) is 5. The minimum atomic E-state index is -1.70. The minimum Gasteiger partial charge on any atom is -0.345 e. The number of aromatic nitrogens is 4. The number of amides is 2. The lowest BCUT2D eigenvalue weighted by Crippen LogP contribution is -2.37. The van der Waals surface area contributed by atoms with Crippen molar-refractivity contribution in [1.82, 2.24) is 25.5 Å². The van der Waals surface area contributed by atoms with Crippen LogP contribution in [0.15, 0.2) is 42.5 Å². The highest BCUT2D eigenvalue weighted by molar-refractivity contribution is 5.95. The van der Waals surface area contributed by atoms with Gasteiger partial charge in [0.05, 0.1) is 12.2 Å². The molecule has 1 unspecified atom stereocenters. The molecule has 150 valence electrons. The van der Waals surface area contributed by atoms with Gasteiger partial charge in [-0.15, -0.1) is 10.2 Å². The van der Waals surface area contributed by atoms with Gasteiger partial charge in [-0.25, -0.2) is 13.2 Å². The largest absolute Gasteiger partial charge is 0.345 e. The zero-order valence-corrected chi connectivity index (χ0v) is 15.1. The fourth-order valence-corrected chi connectivity index (χ4v) is 2.33. The quantitative estimate of drug-likeness (QED) is 0.613. The summed E-state index contributed by atoms with van der Waals surface area (Å²) in [7, 11) is 0. The number of halogens is 3. The van der Waals surface area contributed by atoms with E-state index in [0.717, 1.165) is 16.4 Å². The van der Waals surface area contributed by atoms with E-state index < -0.39 is 47.5 Å². The second-order valence-electron chi connectivity index (χ2n) is 5.96. The Morgan fingerprint density at radius 2 is 1.79 bits per heavy atom. The maximum absolute atomic E-state index is 13.6. The van der Waals surface area contributed by atoms with Crippen LogP contribution in [-0.4, -0.2) is 38.6 Å². The van der Waals surface area contributed by atoms with Crippen LogP contribution >= 0.6 is 0 Å². The third-order valence-corrected chi connectivity index (χ3v) is 3.92. The van der Waals surface area contributed by atoms with Crippen molar-refractivity contribution in [1.29, 1.82) is 0 Å². The number of nitrogens with zero attached hydrogens (tertiary/aromatic N) is 4. The van der Waals surface area contributed by atoms with Gasteiger partial charge in [0.15, 0.2) is 17.5 Å². The van der Waals surface area contributed by atoms with E-state index in [1.165, 1.54) is 6.92 Å². The lowest BCUT2D eigenvalue weighted by atomic mass is 10.2. The summed E-state index contributed by atoms with van der Waals surface area (Å²) >= 11 is 0. The average molecular weight is 404 g/mol. The van der Waals surface area contributed by atoms with E-state index in [1.54, 1.807) is 24.3 Å². The summed E-state index contributed by atoms with van der Waals surface area (Å²) in [6.45, 7) is 0.973. The molecular formula is C18H15F3N6O2. The van der Waals surface area contributed by atoms with Crippen molar-refractivity contribution in [2.75, 3.05) is 11.9 Å². The molecule has 0 spiro atoms. The Balaban J connectivity index is 1.57. The van der Waals surface area contributed by atoms with Crippen molar-refractivity contribution in [2.45, 2.75) is 13.0 Å². The summed E-state index contributed by atoms with van der Waals surface area (Å²) < 4.78 is 39.7. The van der Waals surface area contributed by atoms with Gasteiger partial charge in [0.25, 0.3) is 0 Å². The molecule has 29 heavy (non-hydrogen) atoms. The second-order valence-corrected chi connectivity index (χ2v) is 5.96. The van der Waals surface area contributed by atoms with Gasteiger partial charge < -0.3 is 10.6 Å². The van der Waals surface area contributed by atoms with Crippen molar-refractivity contribution in [3.05, 3.63) is 59.9 Å². The highest BCUT2D eigenvalue weighted by Gasteiger charge is 2.20. The first-order chi connectivity index (χ1) is 13.9. The van der Waals surface area contributed by atoms with Crippen LogP contribution in [0, 0.1) is 17.5 Å². The molecular weight excluding hydrogens is 389 g/mol. The van der Waals surface area contributed by atoms with Crippen molar-refractivity contribution in [3.63, 3.8) is 0 Å². The molecule has 2 N–H and O–H groups in total. The van der Waals surface area contributed by atoms with Crippen LogP contribution in [0.3, 0.4) is 0 Å². The Bertz CT molecular complexity index is 1040. The number of anilines is 1. The van der Waals surface area contributed by atoms with Gasteiger partial charge in [-0.1, -0.05) is 30.3 Å². The molecule has 0 aliphatic rings. The Hall–Kier alpha value is -3.76. The summed E-state index contributed by atoms with van der Waals surface area (Å²) in [6.07, 6.45) is 0. The monoisotopic (exact) mass is 404 g/mol. The molecule has 1 heterocycles. The van der Waals surface area contributed by atoms with Crippen LogP contribution in [-0.2, 0) is 9.59 Å². The van der Waals surface area contributed by atoms with Crippen molar-refractivity contribution < 1.29 is 22.8 Å². The molecule has 0 saturated carbocycles. The predicted octanol–water partition coefficient (Wildman–Crippen LogP) is 2.07. The van der Waals surface area contributed by atoms with Gasteiger partial charge in [-0.2, -0.15) is 4.80 Å². The van der Waals surface area contributed by atoms with Crippen LogP contribution in [0.5, 0.6) is 0 Å². The van der Waals surface area contributed by atoms with Gasteiger partial charge in [0.1, 0.15) is 6.04 Å². The van der Waals surface area contributed by atoms with Crippen molar-refractivity contribution in [2.24, 2.45) is 0 Å². The summed E-state index contributed by atoms with van der Waals surface area (Å²) in [5.74, 6) is -5.70. The van der Waals surface area contributed by atoms with Gasteiger partial charge in [-0.3, -0.25) is 9.59 Å². The van der Waals surface area contributed by atoms with E-state index in [2.05, 4.69) is 26.0 Å². The summed E-state index contributed by atoms with van der Waals surface area (Å²) in [6, 6.07) is 9.69. The van der Waals surface area contributed by atoms with Crippen LogP contribution in [0.1, 0.15) is 13.0 Å². The third kappa shape index (κ3) is 4.57. The van der Waals surface area contributed by atoms with Crippen molar-refractivity contribution in [3.8, 4) is 11.4 Å². The maximum atomic E-state index is 13.6. The molecule has 3 rings (SSSR count). The fourth-order valence-electron chi connectivity index (χ4n) is 2.33. The standard InChI is InChI=1S/C18H15F3N6O2/c1-10(27-25-17(24-26-27)11-5-3-2-4-6-11)18(29)22-9-14(28)23-13-8-7-12(19)15(20)16(13)21/h2-8,10H,9H2,1H3,(H,22,29)(H,23,28). The number of tetrazole rings is 1. The highest BCUT2D eigenvalue weighted by atomic mass is 19.2. The molecule has 0 fully saturated rings. The van der Waals surface area contributed by atoms with E-state index in [0.29, 0.717) is 11.9 Å². The molecule has 1 aromatic heterocycles. The summed E-state index contributed by atoms with van der Waals surface area (Å²) in [5.41, 5.74) is 0.181. The smallest absolute Gasteiger partial charge is 0.246 e. The second kappa shape index (κ2) is 8.50. The van der Waals surface area contributed by atoms with E-state index in [9.17, 15) is 22.8 Å². The van der Waals surface area contributed by atoms with Gasteiger partial charge in [0, 0.05) is 5.56 Å². The van der Waals surface area contributed by atoms with Crippen molar-refractivity contribution >= 4 is 17.5 Å². The first-order valence-corrected chi connectivity index (χ1v) is 8.43. The highest BCUT2D eigenvalue weighted by Crippen LogP contribution is 2.19. The molecule has 0 saturated heterocycles. The number of nitrogens with one attached hydrogen (secondary N) is 2. The Labute approximate surface area is 162 Å². The molecule has 11 heteroatoms. The lowest BCUT2D eigenvalue weighted by molar-refractivity contribution is -0.126. The summed E-state index contributed by atoms with van der Waals surface area (Å²) in [4.78, 5) is 25.2. The van der Waals surface area contributed by atoms with E-state index in [-0.39, 0.29) is 0 Å². The zero-order valence-electron chi connectivity index (χ0n) is 15.1. The Kier molecular flexibility index (Phi) is 5.86. The third-order valence-electron chi connectivity index (χ3n) is 3.92. The number of carbonyl (C=O) groups excluding carboxylic acids is 2. The predicted molar refractivity (Wildman–Crippen MR) is 95.9 cm³/mol. The maximum Gasteiger partial charge on any atom is 0.246 e. The van der Waals surface area contributed by atoms with Crippen LogP contribution in [0.2, 0.25) is 0 Å². The minimum absolute atomic E-state index is 0.330. The molecule has 0 radical (unpaired) electrons. The number of rotatable bonds is 6. The molecule has 0 aliphatic carbocycles. The molecule has 2 aromatic carbocycles. The molecule has 3 aromatic rings. The van der Waals surface area contributed by atoms with Crippen LogP contribution < -0.4 is 10.6 Å². The number of benzene rings is 2. The molecule has 2 amide bonds. The van der Waals surface area contributed by atoms with E-state index in [4.69, 9.17) is 0 Å². The molecule has 1 atom stereocenters. The number of hydrogen-bond donors (Lipinski definition) is 2. The normalized spacial score (nSPS) is 11.7. The van der Waals surface area contributed by atoms with E-state index >= 15 is 0 Å². The molecule has 0 bridgehead atoms. The lowest BCUT2D eigenvalue weighted by Gasteiger charge is -2.11. The fraction of sp³-hybridized carbons (Fsp3) is 0.167. The molecule has 0 aliphatic heterocycles. The first-order valence-electron chi connectivity index (χ1n) is 8.43. The van der Waals surface area contributed by atoms with Crippen LogP contribution in [0.4, 0.5) is 18.9 Å². The van der Waals surface area contributed by atoms with Gasteiger partial charge in [0.2, 0.25) is 17.6 Å². The Morgan fingerprint density at radius 3 is 2.52 bits per heavy atom. The van der Waals surface area contributed by atoms with Gasteiger partial charge >= 0.3 is 0 Å².